The SMILES string of the molecule is CN(C)c1cccc(C(=O)NNC(=O)COc2ccccc2Cl)c1. The van der Waals surface area contributed by atoms with Gasteiger partial charge >= 0.3 is 0 Å². The van der Waals surface area contributed by atoms with E-state index >= 15 is 0 Å². The van der Waals surface area contributed by atoms with Crippen LogP contribution in [0.2, 0.25) is 5.02 Å². The third-order valence-corrected chi connectivity index (χ3v) is 3.45. The lowest BCUT2D eigenvalue weighted by molar-refractivity contribution is -0.123. The monoisotopic (exact) mass is 347 g/mol. The fourth-order valence-corrected chi connectivity index (χ4v) is 2.06. The molecule has 126 valence electrons. The maximum absolute atomic E-state index is 12.0. The van der Waals surface area contributed by atoms with Crippen molar-refractivity contribution in [3.05, 3.63) is 59.1 Å². The topological polar surface area (TPSA) is 70.7 Å². The van der Waals surface area contributed by atoms with Gasteiger partial charge in [0.25, 0.3) is 11.8 Å². The van der Waals surface area contributed by atoms with Crippen LogP contribution < -0.4 is 20.5 Å². The predicted octanol–water partition coefficient (Wildman–Crippen LogP) is 2.25. The van der Waals surface area contributed by atoms with Crippen LogP contribution in [0.4, 0.5) is 5.69 Å². The molecule has 0 spiro atoms. The lowest BCUT2D eigenvalue weighted by atomic mass is 10.2. The van der Waals surface area contributed by atoms with E-state index in [4.69, 9.17) is 16.3 Å². The van der Waals surface area contributed by atoms with Crippen LogP contribution in [0.3, 0.4) is 0 Å². The summed E-state index contributed by atoms with van der Waals surface area (Å²) in [6.45, 7) is -0.262. The Hall–Kier alpha value is -2.73. The lowest BCUT2D eigenvalue weighted by Crippen LogP contribution is -2.43. The first-order valence-electron chi connectivity index (χ1n) is 7.21. The largest absolute Gasteiger partial charge is 0.482 e. The summed E-state index contributed by atoms with van der Waals surface area (Å²) in [5, 5.41) is 0.412. The van der Waals surface area contributed by atoms with Crippen molar-refractivity contribution in [3.63, 3.8) is 0 Å². The van der Waals surface area contributed by atoms with Crippen LogP contribution in [-0.4, -0.2) is 32.5 Å². The van der Waals surface area contributed by atoms with Crippen molar-refractivity contribution in [1.29, 1.82) is 0 Å². The number of ether oxygens (including phenoxy) is 1. The molecule has 2 aromatic rings. The van der Waals surface area contributed by atoms with Crippen LogP contribution >= 0.6 is 11.6 Å². The number of amides is 2. The number of anilines is 1. The molecule has 6 nitrogen and oxygen atoms in total. The smallest absolute Gasteiger partial charge is 0.276 e. The lowest BCUT2D eigenvalue weighted by Gasteiger charge is -2.14. The maximum Gasteiger partial charge on any atom is 0.276 e. The van der Waals surface area contributed by atoms with Crippen LogP contribution in [-0.2, 0) is 4.79 Å². The fraction of sp³-hybridized carbons (Fsp3) is 0.176. The Morgan fingerprint density at radius 2 is 1.83 bits per heavy atom. The molecular weight excluding hydrogens is 330 g/mol. The number of rotatable bonds is 5. The molecule has 24 heavy (non-hydrogen) atoms. The van der Waals surface area contributed by atoms with Crippen LogP contribution in [0.15, 0.2) is 48.5 Å². The van der Waals surface area contributed by atoms with E-state index in [-0.39, 0.29) is 6.61 Å². The molecule has 0 aromatic heterocycles. The highest BCUT2D eigenvalue weighted by Gasteiger charge is 2.09. The van der Waals surface area contributed by atoms with Gasteiger partial charge in [-0.1, -0.05) is 29.8 Å². The van der Waals surface area contributed by atoms with Crippen molar-refractivity contribution >= 4 is 29.1 Å². The van der Waals surface area contributed by atoms with E-state index in [1.165, 1.54) is 0 Å². The van der Waals surface area contributed by atoms with Gasteiger partial charge < -0.3 is 9.64 Å². The Balaban J connectivity index is 1.84. The van der Waals surface area contributed by atoms with Crippen LogP contribution in [0.5, 0.6) is 5.75 Å². The van der Waals surface area contributed by atoms with Crippen molar-refractivity contribution in [1.82, 2.24) is 10.9 Å². The van der Waals surface area contributed by atoms with Gasteiger partial charge in [-0.05, 0) is 30.3 Å². The van der Waals surface area contributed by atoms with Crippen molar-refractivity contribution in [3.8, 4) is 5.75 Å². The Kier molecular flexibility index (Phi) is 6.03. The summed E-state index contributed by atoms with van der Waals surface area (Å²) in [5.74, 6) is -0.504. The van der Waals surface area contributed by atoms with Crippen molar-refractivity contribution in [2.45, 2.75) is 0 Å². The molecule has 0 unspecified atom stereocenters. The summed E-state index contributed by atoms with van der Waals surface area (Å²) >= 11 is 5.93. The molecule has 2 amide bonds. The second-order valence-electron chi connectivity index (χ2n) is 5.17. The molecule has 0 saturated heterocycles. The van der Waals surface area contributed by atoms with E-state index < -0.39 is 11.8 Å². The number of benzene rings is 2. The molecule has 0 aliphatic carbocycles. The van der Waals surface area contributed by atoms with Crippen molar-refractivity contribution < 1.29 is 14.3 Å². The molecule has 7 heteroatoms. The number of carbonyl (C=O) groups excluding carboxylic acids is 2. The molecule has 0 bridgehead atoms. The Labute approximate surface area is 145 Å². The normalized spacial score (nSPS) is 9.96. The minimum atomic E-state index is -0.493. The maximum atomic E-state index is 12.0. The third-order valence-electron chi connectivity index (χ3n) is 3.14. The minimum Gasteiger partial charge on any atom is -0.482 e. The summed E-state index contributed by atoms with van der Waals surface area (Å²) in [5.41, 5.74) is 5.97. The zero-order valence-electron chi connectivity index (χ0n) is 13.4. The molecule has 0 atom stereocenters. The van der Waals surface area contributed by atoms with E-state index in [0.29, 0.717) is 16.3 Å². The average molecular weight is 348 g/mol. The highest BCUT2D eigenvalue weighted by Crippen LogP contribution is 2.22. The van der Waals surface area contributed by atoms with E-state index in [9.17, 15) is 9.59 Å². The number of carbonyl (C=O) groups is 2. The Bertz CT molecular complexity index is 735. The zero-order chi connectivity index (χ0) is 17.5. The van der Waals surface area contributed by atoms with E-state index in [1.54, 1.807) is 42.5 Å². The van der Waals surface area contributed by atoms with Gasteiger partial charge in [-0.25, -0.2) is 0 Å². The summed E-state index contributed by atoms with van der Waals surface area (Å²) in [6.07, 6.45) is 0. The quantitative estimate of drug-likeness (QED) is 0.814. The fourth-order valence-electron chi connectivity index (χ4n) is 1.87. The molecule has 2 aromatic carbocycles. The predicted molar refractivity (Wildman–Crippen MR) is 93.3 cm³/mol. The molecule has 0 heterocycles. The number of hydrogen-bond donors (Lipinski definition) is 2. The highest BCUT2D eigenvalue weighted by atomic mass is 35.5. The van der Waals surface area contributed by atoms with Crippen LogP contribution in [0.25, 0.3) is 0 Å². The third kappa shape index (κ3) is 4.89. The number of nitrogens with zero attached hydrogens (tertiary/aromatic N) is 1. The first-order valence-corrected chi connectivity index (χ1v) is 7.59. The van der Waals surface area contributed by atoms with Gasteiger partial charge in [0.15, 0.2) is 6.61 Å². The molecule has 0 radical (unpaired) electrons. The Morgan fingerprint density at radius 3 is 2.54 bits per heavy atom. The molecule has 0 fully saturated rings. The second-order valence-corrected chi connectivity index (χ2v) is 5.57. The van der Waals surface area contributed by atoms with Gasteiger partial charge in [0.2, 0.25) is 0 Å². The standard InChI is InChI=1S/C17H18ClN3O3/c1-21(2)13-7-5-6-12(10-13)17(23)20-19-16(22)11-24-15-9-4-3-8-14(15)18/h3-10H,11H2,1-2H3,(H,19,22)(H,20,23). The molecule has 0 aliphatic rings. The summed E-state index contributed by atoms with van der Waals surface area (Å²) in [7, 11) is 3.76. The Morgan fingerprint density at radius 1 is 1.08 bits per heavy atom. The molecule has 2 N–H and O–H groups in total. The first-order chi connectivity index (χ1) is 11.5. The molecule has 2 rings (SSSR count). The number of hydrazine groups is 1. The summed E-state index contributed by atoms with van der Waals surface area (Å²) in [4.78, 5) is 25.7. The van der Waals surface area contributed by atoms with Crippen molar-refractivity contribution in [2.75, 3.05) is 25.6 Å². The second kappa shape index (κ2) is 8.21. The van der Waals surface area contributed by atoms with Crippen LogP contribution in [0.1, 0.15) is 10.4 Å². The minimum absolute atomic E-state index is 0.262. The number of hydrogen-bond acceptors (Lipinski definition) is 4. The summed E-state index contributed by atoms with van der Waals surface area (Å²) in [6, 6.07) is 13.9. The van der Waals surface area contributed by atoms with E-state index in [1.807, 2.05) is 25.1 Å². The average Bonchev–Trinajstić information content (AvgIpc) is 2.59. The van der Waals surface area contributed by atoms with Gasteiger partial charge in [-0.2, -0.15) is 0 Å². The van der Waals surface area contributed by atoms with Gasteiger partial charge in [0.05, 0.1) is 5.02 Å². The zero-order valence-corrected chi connectivity index (χ0v) is 14.1. The van der Waals surface area contributed by atoms with E-state index in [2.05, 4.69) is 10.9 Å². The molecule has 0 aliphatic heterocycles. The first kappa shape index (κ1) is 17.6. The van der Waals surface area contributed by atoms with Gasteiger partial charge in [0, 0.05) is 25.3 Å². The van der Waals surface area contributed by atoms with E-state index in [0.717, 1.165) is 5.69 Å². The summed E-state index contributed by atoms with van der Waals surface area (Å²) < 4.78 is 5.29. The van der Waals surface area contributed by atoms with Gasteiger partial charge in [-0.3, -0.25) is 20.4 Å². The molecule has 0 saturated carbocycles. The molecular formula is C17H18ClN3O3. The van der Waals surface area contributed by atoms with Gasteiger partial charge in [0.1, 0.15) is 5.75 Å². The highest BCUT2D eigenvalue weighted by molar-refractivity contribution is 6.32. The number of nitrogens with one attached hydrogen (secondary N) is 2. The van der Waals surface area contributed by atoms with Gasteiger partial charge in [-0.15, -0.1) is 0 Å². The number of halogens is 1. The van der Waals surface area contributed by atoms with Crippen LogP contribution in [0, 0.1) is 0 Å². The van der Waals surface area contributed by atoms with Crippen molar-refractivity contribution in [2.24, 2.45) is 0 Å². The number of para-hydroxylation sites is 1.